The summed E-state index contributed by atoms with van der Waals surface area (Å²) >= 11 is 6.27. The van der Waals surface area contributed by atoms with E-state index in [1.54, 1.807) is 12.3 Å². The van der Waals surface area contributed by atoms with E-state index in [4.69, 9.17) is 16.3 Å². The number of hydrogen-bond acceptors (Lipinski definition) is 3. The highest BCUT2D eigenvalue weighted by Gasteiger charge is 2.08. The van der Waals surface area contributed by atoms with Crippen molar-refractivity contribution in [3.05, 3.63) is 83.6 Å². The lowest BCUT2D eigenvalue weighted by atomic mass is 10.1. The van der Waals surface area contributed by atoms with Gasteiger partial charge < -0.3 is 10.1 Å². The number of hydrogen-bond donors (Lipinski definition) is 1. The molecule has 0 aliphatic carbocycles. The minimum atomic E-state index is -0.228. The quantitative estimate of drug-likeness (QED) is 0.726. The van der Waals surface area contributed by atoms with E-state index in [2.05, 4.69) is 10.3 Å². The van der Waals surface area contributed by atoms with Crippen molar-refractivity contribution in [3.8, 4) is 16.9 Å². The van der Waals surface area contributed by atoms with Crippen molar-refractivity contribution in [1.82, 2.24) is 10.3 Å². The Labute approximate surface area is 151 Å². The zero-order chi connectivity index (χ0) is 17.5. The fraction of sp³-hybridized carbons (Fsp3) is 0.100. The molecule has 126 valence electrons. The molecule has 0 saturated heterocycles. The number of nitrogens with one attached hydrogen (secondary N) is 1. The van der Waals surface area contributed by atoms with Crippen LogP contribution in [0.5, 0.6) is 5.75 Å². The van der Waals surface area contributed by atoms with Crippen LogP contribution in [0.3, 0.4) is 0 Å². The van der Waals surface area contributed by atoms with E-state index in [1.807, 2.05) is 60.7 Å². The number of halogens is 1. The first-order valence-electron chi connectivity index (χ1n) is 7.87. The lowest BCUT2D eigenvalue weighted by Crippen LogP contribution is -2.28. The fourth-order valence-electron chi connectivity index (χ4n) is 2.31. The predicted molar refractivity (Wildman–Crippen MR) is 98.5 cm³/mol. The Bertz CT molecular complexity index is 839. The molecule has 0 atom stereocenters. The zero-order valence-electron chi connectivity index (χ0n) is 13.5. The summed E-state index contributed by atoms with van der Waals surface area (Å²) in [5.41, 5.74) is 2.86. The second kappa shape index (κ2) is 8.31. The summed E-state index contributed by atoms with van der Waals surface area (Å²) in [7, 11) is 0. The van der Waals surface area contributed by atoms with Crippen LogP contribution in [0, 0.1) is 0 Å². The molecule has 1 N–H and O–H groups in total. The molecule has 1 heterocycles. The van der Waals surface area contributed by atoms with Crippen LogP contribution in [0.4, 0.5) is 0 Å². The SMILES string of the molecule is O=C(COc1ccc(-c2ccccc2)cc1Cl)NCc1ccccn1. The van der Waals surface area contributed by atoms with E-state index in [1.165, 1.54) is 0 Å². The second-order valence-corrected chi connectivity index (χ2v) is 5.80. The molecule has 1 amide bonds. The van der Waals surface area contributed by atoms with Crippen LogP contribution in [0.15, 0.2) is 72.9 Å². The maximum atomic E-state index is 11.9. The molecule has 0 aliphatic rings. The highest BCUT2D eigenvalue weighted by atomic mass is 35.5. The highest BCUT2D eigenvalue weighted by molar-refractivity contribution is 6.32. The van der Waals surface area contributed by atoms with Crippen molar-refractivity contribution in [2.24, 2.45) is 0 Å². The first kappa shape index (κ1) is 17.0. The van der Waals surface area contributed by atoms with Gasteiger partial charge in [-0.25, -0.2) is 0 Å². The van der Waals surface area contributed by atoms with Crippen molar-refractivity contribution in [1.29, 1.82) is 0 Å². The number of rotatable bonds is 6. The number of carbonyl (C=O) groups excluding carboxylic acids is 1. The molecule has 25 heavy (non-hydrogen) atoms. The number of carbonyl (C=O) groups is 1. The number of ether oxygens (including phenoxy) is 1. The monoisotopic (exact) mass is 352 g/mol. The van der Waals surface area contributed by atoms with E-state index in [0.29, 0.717) is 17.3 Å². The van der Waals surface area contributed by atoms with E-state index >= 15 is 0 Å². The summed E-state index contributed by atoms with van der Waals surface area (Å²) in [6.07, 6.45) is 1.69. The Hall–Kier alpha value is -2.85. The van der Waals surface area contributed by atoms with Gasteiger partial charge in [-0.2, -0.15) is 0 Å². The van der Waals surface area contributed by atoms with E-state index in [9.17, 15) is 4.79 Å². The minimum absolute atomic E-state index is 0.1000. The Balaban J connectivity index is 1.55. The van der Waals surface area contributed by atoms with Crippen LogP contribution in [0.25, 0.3) is 11.1 Å². The van der Waals surface area contributed by atoms with E-state index in [0.717, 1.165) is 16.8 Å². The van der Waals surface area contributed by atoms with Gasteiger partial charge in [-0.15, -0.1) is 0 Å². The Morgan fingerprint density at radius 3 is 2.52 bits per heavy atom. The smallest absolute Gasteiger partial charge is 0.258 e. The average Bonchev–Trinajstić information content (AvgIpc) is 2.67. The second-order valence-electron chi connectivity index (χ2n) is 5.40. The van der Waals surface area contributed by atoms with Gasteiger partial charge in [0.15, 0.2) is 6.61 Å². The van der Waals surface area contributed by atoms with Gasteiger partial charge in [0.1, 0.15) is 5.75 Å². The summed E-state index contributed by atoms with van der Waals surface area (Å²) in [6.45, 7) is 0.265. The van der Waals surface area contributed by atoms with Crippen LogP contribution in [-0.4, -0.2) is 17.5 Å². The third kappa shape index (κ3) is 4.81. The normalized spacial score (nSPS) is 10.3. The molecule has 0 bridgehead atoms. The van der Waals surface area contributed by atoms with Gasteiger partial charge in [0.05, 0.1) is 17.3 Å². The molecular weight excluding hydrogens is 336 g/mol. The van der Waals surface area contributed by atoms with Crippen molar-refractivity contribution in [2.75, 3.05) is 6.61 Å². The molecule has 3 rings (SSSR count). The molecule has 0 aliphatic heterocycles. The maximum absolute atomic E-state index is 11.9. The number of benzene rings is 2. The first-order valence-corrected chi connectivity index (χ1v) is 8.24. The number of aromatic nitrogens is 1. The molecule has 5 heteroatoms. The molecule has 0 radical (unpaired) electrons. The standard InChI is InChI=1S/C20H17ClN2O2/c21-18-12-16(15-6-2-1-3-7-15)9-10-19(18)25-14-20(24)23-13-17-8-4-5-11-22-17/h1-12H,13-14H2,(H,23,24). The number of nitrogens with zero attached hydrogens (tertiary/aromatic N) is 1. The highest BCUT2D eigenvalue weighted by Crippen LogP contribution is 2.30. The summed E-state index contributed by atoms with van der Waals surface area (Å²) in [5, 5.41) is 3.23. The lowest BCUT2D eigenvalue weighted by molar-refractivity contribution is -0.123. The van der Waals surface area contributed by atoms with Crippen LogP contribution >= 0.6 is 11.6 Å². The van der Waals surface area contributed by atoms with Crippen LogP contribution in [0.2, 0.25) is 5.02 Å². The molecule has 2 aromatic carbocycles. The Morgan fingerprint density at radius 2 is 1.80 bits per heavy atom. The van der Waals surface area contributed by atoms with Gasteiger partial charge in [-0.05, 0) is 35.4 Å². The number of amides is 1. The van der Waals surface area contributed by atoms with Gasteiger partial charge in [-0.1, -0.05) is 54.1 Å². The largest absolute Gasteiger partial charge is 0.482 e. The predicted octanol–water partition coefficient (Wildman–Crippen LogP) is 4.10. The van der Waals surface area contributed by atoms with Gasteiger partial charge in [0.25, 0.3) is 5.91 Å². The first-order chi connectivity index (χ1) is 12.2. The third-order valence-electron chi connectivity index (χ3n) is 3.59. The lowest BCUT2D eigenvalue weighted by Gasteiger charge is -2.10. The van der Waals surface area contributed by atoms with Crippen LogP contribution < -0.4 is 10.1 Å². The van der Waals surface area contributed by atoms with Crippen LogP contribution in [-0.2, 0) is 11.3 Å². The summed E-state index contributed by atoms with van der Waals surface area (Å²) in [6, 6.07) is 21.0. The summed E-state index contributed by atoms with van der Waals surface area (Å²) < 4.78 is 5.51. The van der Waals surface area contributed by atoms with Gasteiger partial charge in [-0.3, -0.25) is 9.78 Å². The third-order valence-corrected chi connectivity index (χ3v) is 3.89. The summed E-state index contributed by atoms with van der Waals surface area (Å²) in [4.78, 5) is 16.0. The molecule has 0 fully saturated rings. The van der Waals surface area contributed by atoms with E-state index in [-0.39, 0.29) is 12.5 Å². The molecule has 3 aromatic rings. The fourth-order valence-corrected chi connectivity index (χ4v) is 2.55. The molecule has 0 saturated carbocycles. The molecule has 4 nitrogen and oxygen atoms in total. The Morgan fingerprint density at radius 1 is 1.00 bits per heavy atom. The average molecular weight is 353 g/mol. The Kier molecular flexibility index (Phi) is 5.65. The van der Waals surface area contributed by atoms with Gasteiger partial charge in [0.2, 0.25) is 0 Å². The van der Waals surface area contributed by atoms with Crippen molar-refractivity contribution < 1.29 is 9.53 Å². The van der Waals surface area contributed by atoms with Crippen molar-refractivity contribution >= 4 is 17.5 Å². The van der Waals surface area contributed by atoms with E-state index < -0.39 is 0 Å². The van der Waals surface area contributed by atoms with Gasteiger partial charge >= 0.3 is 0 Å². The topological polar surface area (TPSA) is 51.2 Å². The zero-order valence-corrected chi connectivity index (χ0v) is 14.2. The molecular formula is C20H17ClN2O2. The maximum Gasteiger partial charge on any atom is 0.258 e. The summed E-state index contributed by atoms with van der Waals surface area (Å²) in [5.74, 6) is 0.253. The minimum Gasteiger partial charge on any atom is -0.482 e. The van der Waals surface area contributed by atoms with Crippen molar-refractivity contribution in [3.63, 3.8) is 0 Å². The van der Waals surface area contributed by atoms with Crippen LogP contribution in [0.1, 0.15) is 5.69 Å². The molecule has 0 unspecified atom stereocenters. The van der Waals surface area contributed by atoms with Crippen molar-refractivity contribution in [2.45, 2.75) is 6.54 Å². The van der Waals surface area contributed by atoms with Gasteiger partial charge in [0, 0.05) is 6.20 Å². The molecule has 0 spiro atoms. The number of pyridine rings is 1. The molecule has 1 aromatic heterocycles.